The Morgan fingerprint density at radius 2 is 1.41 bits per heavy atom. The number of hydrogen-bond acceptors (Lipinski definition) is 5. The Bertz CT molecular complexity index is 790. The van der Waals surface area contributed by atoms with Crippen molar-refractivity contribution < 1.29 is 24.0 Å². The standard InChI is InChI=1S/C17H6O5/c18-7-12-5-4-11(6-14(12)9-20)17(22)15-3-1-2-13(8-19)16(15)10-21/h1-6H. The summed E-state index contributed by atoms with van der Waals surface area (Å²) >= 11 is 0. The molecular weight excluding hydrogens is 284 g/mol. The minimum Gasteiger partial charge on any atom is -0.289 e. The normalized spacial score (nSPS) is 9.82. The van der Waals surface area contributed by atoms with E-state index in [0.717, 1.165) is 0 Å². The molecule has 0 atom stereocenters. The van der Waals surface area contributed by atoms with Crippen molar-refractivity contribution in [1.29, 1.82) is 0 Å². The third kappa shape index (κ3) is 2.64. The van der Waals surface area contributed by atoms with E-state index in [4.69, 9.17) is 0 Å². The summed E-state index contributed by atoms with van der Waals surface area (Å²) in [5.41, 5.74) is -0.405. The molecule has 0 heterocycles. The zero-order valence-electron chi connectivity index (χ0n) is 11.0. The fraction of sp³-hybridized carbons (Fsp3) is 0. The van der Waals surface area contributed by atoms with Crippen molar-refractivity contribution in [2.45, 2.75) is 0 Å². The smallest absolute Gasteiger partial charge is 0.235 e. The first-order valence-corrected chi connectivity index (χ1v) is 6.00. The van der Waals surface area contributed by atoms with Crippen LogP contribution in [0, 0.1) is 0 Å². The van der Waals surface area contributed by atoms with Gasteiger partial charge in [-0.15, -0.1) is 0 Å². The van der Waals surface area contributed by atoms with E-state index in [0.29, 0.717) is 0 Å². The molecule has 5 nitrogen and oxygen atoms in total. The van der Waals surface area contributed by atoms with Crippen LogP contribution in [0.5, 0.6) is 0 Å². The van der Waals surface area contributed by atoms with Crippen molar-refractivity contribution in [2.24, 2.45) is 0 Å². The van der Waals surface area contributed by atoms with Gasteiger partial charge in [0.15, 0.2) is 5.78 Å². The number of carbonyl (C=O) groups excluding carboxylic acids is 5. The quantitative estimate of drug-likeness (QED) is 0.733. The summed E-state index contributed by atoms with van der Waals surface area (Å²) in [6, 6.07) is 7.85. The van der Waals surface area contributed by atoms with Crippen LogP contribution in [0.4, 0.5) is 0 Å². The number of ketones is 1. The van der Waals surface area contributed by atoms with E-state index in [9.17, 15) is 24.0 Å². The summed E-state index contributed by atoms with van der Waals surface area (Å²) in [5, 5.41) is 0. The maximum Gasteiger partial charge on any atom is 0.235 e. The van der Waals surface area contributed by atoms with Crippen LogP contribution in [0.15, 0.2) is 36.4 Å². The van der Waals surface area contributed by atoms with E-state index >= 15 is 0 Å². The highest BCUT2D eigenvalue weighted by Crippen LogP contribution is 2.18. The van der Waals surface area contributed by atoms with Gasteiger partial charge in [-0.3, -0.25) is 24.0 Å². The Balaban J connectivity index is 2.58. The molecule has 0 aromatic heterocycles. The van der Waals surface area contributed by atoms with Gasteiger partial charge in [0.2, 0.25) is 25.1 Å². The third-order valence-corrected chi connectivity index (χ3v) is 3.02. The van der Waals surface area contributed by atoms with Crippen molar-refractivity contribution >= 4 is 30.9 Å². The summed E-state index contributed by atoms with van der Waals surface area (Å²) < 4.78 is 0. The van der Waals surface area contributed by atoms with Gasteiger partial charge in [-0.1, -0.05) is 24.3 Å². The van der Waals surface area contributed by atoms with Gasteiger partial charge in [-0.25, -0.2) is 0 Å². The fourth-order valence-corrected chi connectivity index (χ4v) is 1.95. The molecule has 0 unspecified atom stereocenters. The summed E-state index contributed by atoms with van der Waals surface area (Å²) in [5.74, 6) is -0.593. The lowest BCUT2D eigenvalue weighted by molar-refractivity contribution is 0.103. The van der Waals surface area contributed by atoms with Gasteiger partial charge in [0.1, 0.15) is 0 Å². The van der Waals surface area contributed by atoms with Crippen LogP contribution < -0.4 is 0 Å². The predicted octanol–water partition coefficient (Wildman–Crippen LogP) is 0.749. The van der Waals surface area contributed by atoms with Crippen molar-refractivity contribution in [2.75, 3.05) is 0 Å². The fourth-order valence-electron chi connectivity index (χ4n) is 1.95. The molecule has 0 saturated heterocycles. The third-order valence-electron chi connectivity index (χ3n) is 3.02. The molecule has 0 fully saturated rings. The number of hydrogen-bond donors (Lipinski definition) is 0. The summed E-state index contributed by atoms with van der Waals surface area (Å²) in [6.45, 7) is 0. The van der Waals surface area contributed by atoms with Crippen LogP contribution >= 0.6 is 0 Å². The Morgan fingerprint density at radius 3 is 2.00 bits per heavy atom. The average Bonchev–Trinajstić information content (AvgIpc) is 2.59. The Hall–Kier alpha value is -3.21. The molecule has 2 aromatic rings. The average molecular weight is 290 g/mol. The molecule has 5 heteroatoms. The minimum atomic E-state index is -0.593. The molecule has 104 valence electrons. The molecule has 0 aliphatic rings. The van der Waals surface area contributed by atoms with Crippen molar-refractivity contribution in [3.05, 3.63) is 69.8 Å². The van der Waals surface area contributed by atoms with E-state index in [1.165, 1.54) is 42.7 Å². The number of benzene rings is 2. The lowest BCUT2D eigenvalue weighted by Gasteiger charge is -2.06. The second-order valence-electron chi connectivity index (χ2n) is 4.23. The lowest BCUT2D eigenvalue weighted by atomic mass is 9.94. The molecule has 0 N–H and O–H groups in total. The Labute approximate surface area is 125 Å². The minimum absolute atomic E-state index is 0.0244. The van der Waals surface area contributed by atoms with Crippen LogP contribution in [0.3, 0.4) is 0 Å². The molecule has 2 aromatic carbocycles. The highest BCUT2D eigenvalue weighted by Gasteiger charge is 2.18. The predicted molar refractivity (Wildman–Crippen MR) is 75.5 cm³/mol. The molecule has 0 spiro atoms. The first-order valence-electron chi connectivity index (χ1n) is 6.00. The monoisotopic (exact) mass is 290 g/mol. The van der Waals surface area contributed by atoms with E-state index in [2.05, 4.69) is 0 Å². The zero-order chi connectivity index (χ0) is 16.1. The molecule has 4 radical (unpaired) electrons. The Kier molecular flexibility index (Phi) is 4.48. The maximum absolute atomic E-state index is 12.4. The van der Waals surface area contributed by atoms with Gasteiger partial charge in [0.25, 0.3) is 0 Å². The van der Waals surface area contributed by atoms with Gasteiger partial charge < -0.3 is 0 Å². The molecule has 0 bridgehead atoms. The SMILES string of the molecule is O=[C]c1ccc(C(=O)c2cccc([C]=O)c2[C]=O)cc1[C]=O. The molecular formula is C17H6O5. The molecule has 0 aliphatic carbocycles. The van der Waals surface area contributed by atoms with Gasteiger partial charge in [0.05, 0.1) is 0 Å². The van der Waals surface area contributed by atoms with Crippen LogP contribution in [-0.2, 0) is 19.2 Å². The molecule has 22 heavy (non-hydrogen) atoms. The second-order valence-corrected chi connectivity index (χ2v) is 4.23. The second kappa shape index (κ2) is 6.49. The molecule has 0 amide bonds. The topological polar surface area (TPSA) is 85.3 Å². The van der Waals surface area contributed by atoms with Crippen LogP contribution in [0.2, 0.25) is 0 Å². The summed E-state index contributed by atoms with van der Waals surface area (Å²) in [6.07, 6.45) is 6.20. The summed E-state index contributed by atoms with van der Waals surface area (Å²) in [7, 11) is 0. The lowest BCUT2D eigenvalue weighted by Crippen LogP contribution is -2.09. The Morgan fingerprint density at radius 1 is 0.727 bits per heavy atom. The van der Waals surface area contributed by atoms with Crippen LogP contribution in [-0.4, -0.2) is 30.9 Å². The maximum atomic E-state index is 12.4. The first kappa shape index (κ1) is 15.2. The molecule has 0 aliphatic heterocycles. The summed E-state index contributed by atoms with van der Waals surface area (Å²) in [4.78, 5) is 55.6. The van der Waals surface area contributed by atoms with Gasteiger partial charge in [0, 0.05) is 33.4 Å². The molecule has 2 rings (SSSR count). The van der Waals surface area contributed by atoms with Crippen molar-refractivity contribution in [1.82, 2.24) is 0 Å². The van der Waals surface area contributed by atoms with Crippen molar-refractivity contribution in [3.8, 4) is 0 Å². The van der Waals surface area contributed by atoms with E-state index in [1.54, 1.807) is 18.9 Å². The van der Waals surface area contributed by atoms with Gasteiger partial charge in [-0.2, -0.15) is 0 Å². The van der Waals surface area contributed by atoms with E-state index in [-0.39, 0.29) is 33.4 Å². The van der Waals surface area contributed by atoms with Crippen LogP contribution in [0.1, 0.15) is 38.2 Å². The molecule has 0 saturated carbocycles. The van der Waals surface area contributed by atoms with Crippen molar-refractivity contribution in [3.63, 3.8) is 0 Å². The highest BCUT2D eigenvalue weighted by atomic mass is 16.1. The zero-order valence-corrected chi connectivity index (χ0v) is 11.0. The van der Waals surface area contributed by atoms with Crippen LogP contribution in [0.25, 0.3) is 0 Å². The van der Waals surface area contributed by atoms with Gasteiger partial charge >= 0.3 is 0 Å². The van der Waals surface area contributed by atoms with E-state index < -0.39 is 5.78 Å². The first-order chi connectivity index (χ1) is 10.7. The van der Waals surface area contributed by atoms with Gasteiger partial charge in [-0.05, 0) is 12.1 Å². The number of rotatable bonds is 6. The highest BCUT2D eigenvalue weighted by molar-refractivity contribution is 6.15. The number of carbonyl (C=O) groups is 1. The largest absolute Gasteiger partial charge is 0.289 e. The van der Waals surface area contributed by atoms with E-state index in [1.807, 2.05) is 0 Å².